The molecule has 0 saturated heterocycles. The molecule has 7 heteroatoms. The summed E-state index contributed by atoms with van der Waals surface area (Å²) in [6.07, 6.45) is 4.65. The molecule has 0 aromatic carbocycles. The number of likely N-dealkylation sites (N-methyl/N-ethyl adjacent to an activating group) is 1. The Morgan fingerprint density at radius 2 is 2.08 bits per heavy atom. The van der Waals surface area contributed by atoms with E-state index in [1.54, 1.807) is 17.6 Å². The molecule has 25 heavy (non-hydrogen) atoms. The van der Waals surface area contributed by atoms with Crippen LogP contribution in [0.3, 0.4) is 0 Å². The van der Waals surface area contributed by atoms with Crippen LogP contribution in [0.1, 0.15) is 6.92 Å². The molecule has 7 nitrogen and oxygen atoms in total. The van der Waals surface area contributed by atoms with Crippen molar-refractivity contribution in [2.24, 2.45) is 10.9 Å². The largest absolute Gasteiger partial charge is 0.474 e. The van der Waals surface area contributed by atoms with Crippen molar-refractivity contribution in [3.05, 3.63) is 36.5 Å². The molecule has 0 radical (unpaired) electrons. The van der Waals surface area contributed by atoms with Crippen LogP contribution in [0, 0.1) is 5.92 Å². The summed E-state index contributed by atoms with van der Waals surface area (Å²) in [6, 6.07) is 5.58. The lowest BCUT2D eigenvalue weighted by Gasteiger charge is -2.12. The first-order valence-corrected chi connectivity index (χ1v) is 8.07. The predicted molar refractivity (Wildman–Crippen MR) is 94.7 cm³/mol. The average Bonchev–Trinajstić information content (AvgIpc) is 2.93. The Hall–Kier alpha value is -2.80. The average molecular weight is 340 g/mol. The number of Topliss-reactive ketones (excluding diaryl/α,β-unsaturated/α-hetero) is 1. The minimum absolute atomic E-state index is 0.203. The van der Waals surface area contributed by atoms with E-state index in [1.807, 2.05) is 37.2 Å². The van der Waals surface area contributed by atoms with Crippen molar-refractivity contribution in [2.45, 2.75) is 6.92 Å². The molecule has 2 aromatic rings. The third-order valence-corrected chi connectivity index (χ3v) is 3.97. The highest BCUT2D eigenvalue weighted by molar-refractivity contribution is 6.50. The Morgan fingerprint density at radius 1 is 1.28 bits per heavy atom. The van der Waals surface area contributed by atoms with Crippen LogP contribution in [-0.2, 0) is 9.59 Å². The molecule has 1 aliphatic rings. The van der Waals surface area contributed by atoms with E-state index in [9.17, 15) is 9.59 Å². The van der Waals surface area contributed by atoms with E-state index >= 15 is 0 Å². The van der Waals surface area contributed by atoms with Crippen LogP contribution in [0.4, 0.5) is 5.69 Å². The molecule has 2 aromatic heterocycles. The normalized spacial score (nSPS) is 19.4. The van der Waals surface area contributed by atoms with Gasteiger partial charge in [-0.15, -0.1) is 5.10 Å². The van der Waals surface area contributed by atoms with Crippen molar-refractivity contribution in [3.8, 4) is 5.88 Å². The zero-order valence-corrected chi connectivity index (χ0v) is 14.5. The van der Waals surface area contributed by atoms with Crippen LogP contribution in [0.25, 0.3) is 5.52 Å². The summed E-state index contributed by atoms with van der Waals surface area (Å²) in [5.74, 6) is -0.830. The first-order valence-electron chi connectivity index (χ1n) is 8.07. The van der Waals surface area contributed by atoms with E-state index in [-0.39, 0.29) is 17.3 Å². The maximum absolute atomic E-state index is 12.3. The number of carbonyl (C=O) groups is 2. The second-order valence-electron chi connectivity index (χ2n) is 6.15. The lowest BCUT2D eigenvalue weighted by atomic mass is 9.92. The number of pyridine rings is 1. The summed E-state index contributed by atoms with van der Waals surface area (Å²) in [4.78, 5) is 30.4. The highest BCUT2D eigenvalue weighted by Gasteiger charge is 2.28. The molecule has 0 aliphatic heterocycles. The third-order valence-electron chi connectivity index (χ3n) is 3.97. The minimum Gasteiger partial charge on any atom is -0.474 e. The van der Waals surface area contributed by atoms with Gasteiger partial charge >= 0.3 is 0 Å². The molecule has 0 fully saturated rings. The van der Waals surface area contributed by atoms with Crippen molar-refractivity contribution < 1.29 is 14.3 Å². The van der Waals surface area contributed by atoms with Gasteiger partial charge < -0.3 is 9.64 Å². The number of ether oxygens (including phenoxy) is 1. The Balaban J connectivity index is 2.02. The van der Waals surface area contributed by atoms with E-state index < -0.39 is 5.92 Å². The number of hydrogen-bond donors (Lipinski definition) is 0. The van der Waals surface area contributed by atoms with E-state index in [0.29, 0.717) is 18.2 Å². The second kappa shape index (κ2) is 6.98. The number of aliphatic imine (C=N–C) groups is 1. The van der Waals surface area contributed by atoms with Gasteiger partial charge in [-0.1, -0.05) is 6.07 Å². The van der Waals surface area contributed by atoms with Crippen LogP contribution >= 0.6 is 0 Å². The minimum atomic E-state index is -0.705. The smallest absolute Gasteiger partial charge is 0.260 e. The van der Waals surface area contributed by atoms with Gasteiger partial charge in [0, 0.05) is 12.7 Å². The maximum atomic E-state index is 12.3. The van der Waals surface area contributed by atoms with Crippen molar-refractivity contribution in [1.29, 1.82) is 0 Å². The Kier molecular flexibility index (Phi) is 4.76. The van der Waals surface area contributed by atoms with Gasteiger partial charge in [-0.2, -0.15) is 0 Å². The second-order valence-corrected chi connectivity index (χ2v) is 6.15. The Bertz CT molecular complexity index is 880. The molecular weight excluding hydrogens is 320 g/mol. The van der Waals surface area contributed by atoms with Gasteiger partial charge in [0.25, 0.3) is 5.88 Å². The van der Waals surface area contributed by atoms with E-state index in [4.69, 9.17) is 4.74 Å². The summed E-state index contributed by atoms with van der Waals surface area (Å²) in [7, 11) is 3.91. The highest BCUT2D eigenvalue weighted by atomic mass is 16.5. The number of nitrogens with zero attached hydrogens (tertiary/aromatic N) is 4. The number of ketones is 2. The fourth-order valence-electron chi connectivity index (χ4n) is 2.44. The molecule has 130 valence electrons. The van der Waals surface area contributed by atoms with E-state index in [2.05, 4.69) is 10.1 Å². The van der Waals surface area contributed by atoms with Gasteiger partial charge in [0.2, 0.25) is 0 Å². The van der Waals surface area contributed by atoms with Crippen molar-refractivity contribution in [1.82, 2.24) is 14.5 Å². The van der Waals surface area contributed by atoms with Crippen LogP contribution in [0.15, 0.2) is 41.5 Å². The summed E-state index contributed by atoms with van der Waals surface area (Å²) in [6.45, 7) is 2.77. The summed E-state index contributed by atoms with van der Waals surface area (Å²) in [5.41, 5.74) is 1.47. The lowest BCUT2D eigenvalue weighted by molar-refractivity contribution is -0.126. The van der Waals surface area contributed by atoms with Crippen LogP contribution < -0.4 is 4.74 Å². The van der Waals surface area contributed by atoms with Crippen molar-refractivity contribution >= 4 is 28.5 Å². The number of fused-ring (bicyclic) bond motifs is 1. The number of carbonyl (C=O) groups excluding carboxylic acids is 2. The molecule has 0 spiro atoms. The molecule has 1 aliphatic carbocycles. The SMILES string of the molecule is CC1C(=O)C=CC(=Nc2c(OCCN(C)C)nn3ccccc23)C1=O. The first kappa shape index (κ1) is 17.0. The first-order chi connectivity index (χ1) is 12.0. The molecule has 0 N–H and O–H groups in total. The standard InChI is InChI=1S/C18H20N4O3/c1-12-15(23)8-7-13(17(12)24)19-16-14-6-4-5-9-22(14)20-18(16)25-11-10-21(2)3/h4-9,12H,10-11H2,1-3H3. The fraction of sp³-hybridized carbons (Fsp3) is 0.333. The Morgan fingerprint density at radius 3 is 2.84 bits per heavy atom. The molecule has 1 unspecified atom stereocenters. The van der Waals surface area contributed by atoms with Gasteiger partial charge in [-0.25, -0.2) is 9.51 Å². The predicted octanol–water partition coefficient (Wildman–Crippen LogP) is 1.69. The number of rotatable bonds is 5. The quantitative estimate of drug-likeness (QED) is 0.774. The molecule has 3 rings (SSSR count). The van der Waals surface area contributed by atoms with Gasteiger partial charge in [-0.05, 0) is 45.3 Å². The number of allylic oxidation sites excluding steroid dienone is 2. The summed E-state index contributed by atoms with van der Waals surface area (Å²) in [5, 5.41) is 4.40. The zero-order valence-electron chi connectivity index (χ0n) is 14.5. The monoisotopic (exact) mass is 340 g/mol. The zero-order chi connectivity index (χ0) is 18.0. The number of hydrogen-bond acceptors (Lipinski definition) is 6. The summed E-state index contributed by atoms with van der Waals surface area (Å²) >= 11 is 0. The van der Waals surface area contributed by atoms with E-state index in [1.165, 1.54) is 12.2 Å². The molecule has 1 atom stereocenters. The lowest BCUT2D eigenvalue weighted by Crippen LogP contribution is -2.29. The molecular formula is C18H20N4O3. The topological polar surface area (TPSA) is 76.3 Å². The van der Waals surface area contributed by atoms with Crippen molar-refractivity contribution in [3.63, 3.8) is 0 Å². The van der Waals surface area contributed by atoms with Gasteiger partial charge in [0.1, 0.15) is 12.3 Å². The molecule has 0 bridgehead atoms. The van der Waals surface area contributed by atoms with Crippen LogP contribution in [-0.4, -0.2) is 59.0 Å². The maximum Gasteiger partial charge on any atom is 0.260 e. The van der Waals surface area contributed by atoms with Crippen LogP contribution in [0.2, 0.25) is 0 Å². The fourth-order valence-corrected chi connectivity index (χ4v) is 2.44. The molecule has 2 heterocycles. The van der Waals surface area contributed by atoms with Gasteiger partial charge in [0.15, 0.2) is 17.3 Å². The molecule has 0 amide bonds. The van der Waals surface area contributed by atoms with E-state index in [0.717, 1.165) is 12.1 Å². The molecule has 0 saturated carbocycles. The van der Waals surface area contributed by atoms with Crippen molar-refractivity contribution in [2.75, 3.05) is 27.2 Å². The third kappa shape index (κ3) is 3.51. The number of aromatic nitrogens is 2. The van der Waals surface area contributed by atoms with Crippen LogP contribution in [0.5, 0.6) is 5.88 Å². The Labute approximate surface area is 145 Å². The highest BCUT2D eigenvalue weighted by Crippen LogP contribution is 2.32. The van der Waals surface area contributed by atoms with Gasteiger partial charge in [-0.3, -0.25) is 9.59 Å². The summed E-state index contributed by atoms with van der Waals surface area (Å²) < 4.78 is 7.44. The van der Waals surface area contributed by atoms with Gasteiger partial charge in [0.05, 0.1) is 11.4 Å².